The van der Waals surface area contributed by atoms with Gasteiger partial charge in [-0.15, -0.1) is 0 Å². The first-order chi connectivity index (χ1) is 14.3. The highest BCUT2D eigenvalue weighted by Gasteiger charge is 2.28. The van der Waals surface area contributed by atoms with Crippen LogP contribution in [-0.2, 0) is 0 Å². The van der Waals surface area contributed by atoms with E-state index in [9.17, 15) is 0 Å². The Morgan fingerprint density at radius 3 is 2.47 bits per heavy atom. The molecule has 0 atom stereocenters. The lowest BCUT2D eigenvalue weighted by atomic mass is 9.89. The van der Waals surface area contributed by atoms with Gasteiger partial charge in [0.2, 0.25) is 0 Å². The van der Waals surface area contributed by atoms with Gasteiger partial charge in [-0.3, -0.25) is 4.99 Å². The van der Waals surface area contributed by atoms with Crippen LogP contribution in [0.2, 0.25) is 5.02 Å². The third-order valence-electron chi connectivity index (χ3n) is 5.50. The van der Waals surface area contributed by atoms with Crippen molar-refractivity contribution < 1.29 is 4.74 Å². The maximum atomic E-state index is 6.15. The summed E-state index contributed by atoms with van der Waals surface area (Å²) in [7, 11) is 2.14. The van der Waals surface area contributed by atoms with E-state index in [0.717, 1.165) is 17.0 Å². The number of ether oxygens (including phenoxy) is 1. The number of nitrogens with zero attached hydrogens (tertiary/aromatic N) is 2. The predicted octanol–water partition coefficient (Wildman–Crippen LogP) is 7.51. The summed E-state index contributed by atoms with van der Waals surface area (Å²) in [5.74, 6) is 1.36. The van der Waals surface area contributed by atoms with E-state index in [-0.39, 0.29) is 5.54 Å². The van der Waals surface area contributed by atoms with Crippen LogP contribution in [0.15, 0.2) is 77.8 Å². The molecule has 1 aliphatic rings. The van der Waals surface area contributed by atoms with E-state index in [0.29, 0.717) is 10.8 Å². The summed E-state index contributed by atoms with van der Waals surface area (Å²) in [6.07, 6.45) is 4.21. The number of anilines is 1. The maximum absolute atomic E-state index is 6.15. The number of benzene rings is 3. The molecule has 0 bridgehead atoms. The molecule has 0 radical (unpaired) electrons. The van der Waals surface area contributed by atoms with Gasteiger partial charge in [-0.05, 0) is 80.4 Å². The molecule has 0 N–H and O–H groups in total. The molecule has 0 aromatic heterocycles. The highest BCUT2D eigenvalue weighted by atomic mass is 35.5. The molecule has 4 rings (SSSR count). The van der Waals surface area contributed by atoms with Gasteiger partial charge >= 0.3 is 0 Å². The summed E-state index contributed by atoms with van der Waals surface area (Å²) in [6, 6.07) is 21.6. The zero-order valence-corrected chi connectivity index (χ0v) is 18.4. The topological polar surface area (TPSA) is 24.8 Å². The minimum Gasteiger partial charge on any atom is -0.456 e. The summed E-state index contributed by atoms with van der Waals surface area (Å²) in [5, 5.41) is 0.588. The highest BCUT2D eigenvalue weighted by molar-refractivity contribution is 6.32. The molecule has 1 heterocycles. The summed E-state index contributed by atoms with van der Waals surface area (Å²) in [4.78, 5) is 6.94. The number of rotatable bonds is 4. The van der Waals surface area contributed by atoms with Gasteiger partial charge in [-0.25, -0.2) is 0 Å². The smallest absolute Gasteiger partial charge is 0.146 e. The number of hydrogen-bond donors (Lipinski definition) is 0. The van der Waals surface area contributed by atoms with Crippen LogP contribution in [0, 0.1) is 0 Å². The normalized spacial score (nSPS) is 15.1. The van der Waals surface area contributed by atoms with Crippen LogP contribution in [0.5, 0.6) is 11.5 Å². The lowest BCUT2D eigenvalue weighted by Gasteiger charge is -2.40. The number of allylic oxidation sites excluding steroid dienone is 1. The second kappa shape index (κ2) is 8.00. The lowest BCUT2D eigenvalue weighted by molar-refractivity contribution is 0.483. The van der Waals surface area contributed by atoms with Gasteiger partial charge in [-0.2, -0.15) is 0 Å². The fourth-order valence-electron chi connectivity index (χ4n) is 3.66. The summed E-state index contributed by atoms with van der Waals surface area (Å²) >= 11 is 6.15. The molecule has 30 heavy (non-hydrogen) atoms. The summed E-state index contributed by atoms with van der Waals surface area (Å²) in [5.41, 5.74) is 5.75. The van der Waals surface area contributed by atoms with Crippen molar-refractivity contribution in [1.29, 1.82) is 0 Å². The Morgan fingerprint density at radius 2 is 1.73 bits per heavy atom. The van der Waals surface area contributed by atoms with Gasteiger partial charge in [0.25, 0.3) is 0 Å². The number of fused-ring (bicyclic) bond motifs is 1. The molecule has 3 nitrogen and oxygen atoms in total. The van der Waals surface area contributed by atoms with E-state index in [1.165, 1.54) is 16.8 Å². The van der Waals surface area contributed by atoms with Gasteiger partial charge in [-0.1, -0.05) is 35.9 Å². The zero-order valence-electron chi connectivity index (χ0n) is 17.7. The van der Waals surface area contributed by atoms with Gasteiger partial charge in [0.1, 0.15) is 11.5 Å². The Labute approximate surface area is 183 Å². The van der Waals surface area contributed by atoms with Gasteiger partial charge in [0, 0.05) is 24.5 Å². The number of para-hydroxylation sites is 1. The first-order valence-corrected chi connectivity index (χ1v) is 10.4. The molecule has 4 heteroatoms. The average Bonchev–Trinajstić information content (AvgIpc) is 2.73. The molecular formula is C26H25ClN2O. The molecule has 0 saturated heterocycles. The second-order valence-electron chi connectivity index (χ2n) is 8.10. The van der Waals surface area contributed by atoms with Crippen molar-refractivity contribution >= 4 is 34.8 Å². The van der Waals surface area contributed by atoms with E-state index >= 15 is 0 Å². The van der Waals surface area contributed by atoms with Gasteiger partial charge < -0.3 is 9.64 Å². The highest BCUT2D eigenvalue weighted by Crippen LogP contribution is 2.38. The standard InChI is InChI=1S/C26H25ClN2O/c1-18-16-26(2,3)29(4)24-14-9-19(15-22(18)24)17-28-20-10-12-21(13-11-20)30-25-8-6-5-7-23(25)27/h5-17H,1-4H3. The third-order valence-corrected chi connectivity index (χ3v) is 5.82. The molecular weight excluding hydrogens is 392 g/mol. The Balaban J connectivity index is 1.51. The van der Waals surface area contributed by atoms with Crippen molar-refractivity contribution in [3.8, 4) is 11.5 Å². The first-order valence-electron chi connectivity index (χ1n) is 9.98. The van der Waals surface area contributed by atoms with Crippen molar-refractivity contribution in [3.63, 3.8) is 0 Å². The van der Waals surface area contributed by atoms with Crippen LogP contribution in [0.1, 0.15) is 31.9 Å². The fraction of sp³-hybridized carbons (Fsp3) is 0.192. The van der Waals surface area contributed by atoms with Crippen molar-refractivity contribution in [2.45, 2.75) is 26.3 Å². The zero-order chi connectivity index (χ0) is 21.3. The van der Waals surface area contributed by atoms with Crippen molar-refractivity contribution in [1.82, 2.24) is 0 Å². The van der Waals surface area contributed by atoms with Crippen molar-refractivity contribution in [3.05, 3.63) is 89.0 Å². The Hall–Kier alpha value is -3.04. The molecule has 0 aliphatic carbocycles. The van der Waals surface area contributed by atoms with E-state index in [1.807, 2.05) is 54.7 Å². The van der Waals surface area contributed by atoms with Crippen LogP contribution in [-0.4, -0.2) is 18.8 Å². The second-order valence-corrected chi connectivity index (χ2v) is 8.51. The van der Waals surface area contributed by atoms with Crippen LogP contribution < -0.4 is 9.64 Å². The molecule has 3 aromatic carbocycles. The van der Waals surface area contributed by atoms with Crippen molar-refractivity contribution in [2.75, 3.05) is 11.9 Å². The number of likely N-dealkylation sites (N-methyl/N-ethyl adjacent to an activating group) is 1. The van der Waals surface area contributed by atoms with Crippen molar-refractivity contribution in [2.24, 2.45) is 4.99 Å². The molecule has 0 unspecified atom stereocenters. The Bertz CT molecular complexity index is 1130. The molecule has 152 valence electrons. The lowest BCUT2D eigenvalue weighted by Crippen LogP contribution is -2.42. The predicted molar refractivity (Wildman–Crippen MR) is 128 cm³/mol. The SMILES string of the molecule is CC1=CC(C)(C)N(C)c2ccc(C=Nc3ccc(Oc4ccccc4Cl)cc3)cc21. The number of aliphatic imine (C=N–C) groups is 1. The maximum Gasteiger partial charge on any atom is 0.146 e. The van der Waals surface area contributed by atoms with E-state index in [2.05, 4.69) is 62.0 Å². The summed E-state index contributed by atoms with van der Waals surface area (Å²) < 4.78 is 5.83. The largest absolute Gasteiger partial charge is 0.456 e. The molecule has 0 spiro atoms. The molecule has 0 fully saturated rings. The van der Waals surface area contributed by atoms with Gasteiger partial charge in [0.15, 0.2) is 0 Å². The van der Waals surface area contributed by atoms with Crippen LogP contribution >= 0.6 is 11.6 Å². The van der Waals surface area contributed by atoms with Crippen LogP contribution in [0.3, 0.4) is 0 Å². The quantitative estimate of drug-likeness (QED) is 0.411. The molecule has 0 amide bonds. The fourth-order valence-corrected chi connectivity index (χ4v) is 3.84. The summed E-state index contributed by atoms with van der Waals surface area (Å²) in [6.45, 7) is 6.63. The van der Waals surface area contributed by atoms with Crippen LogP contribution in [0.25, 0.3) is 5.57 Å². The molecule has 1 aliphatic heterocycles. The van der Waals surface area contributed by atoms with E-state index < -0.39 is 0 Å². The van der Waals surface area contributed by atoms with E-state index in [1.54, 1.807) is 0 Å². The Morgan fingerprint density at radius 1 is 1.00 bits per heavy atom. The minimum absolute atomic E-state index is 0.0144. The molecule has 0 saturated carbocycles. The first kappa shape index (κ1) is 20.2. The van der Waals surface area contributed by atoms with Crippen LogP contribution in [0.4, 0.5) is 11.4 Å². The number of halogens is 1. The molecule has 3 aromatic rings. The average molecular weight is 417 g/mol. The third kappa shape index (κ3) is 4.12. The number of hydrogen-bond acceptors (Lipinski definition) is 3. The van der Waals surface area contributed by atoms with Gasteiger partial charge in [0.05, 0.1) is 16.2 Å². The minimum atomic E-state index is 0.0144. The van der Waals surface area contributed by atoms with E-state index in [4.69, 9.17) is 16.3 Å². The monoisotopic (exact) mass is 416 g/mol. The Kier molecular flexibility index (Phi) is 5.40.